The first-order chi connectivity index (χ1) is 14.3. The quantitative estimate of drug-likeness (QED) is 0.482. The number of aromatic amines is 1. The van der Waals surface area contributed by atoms with Crippen molar-refractivity contribution in [3.8, 4) is 22.8 Å². The van der Waals surface area contributed by atoms with E-state index in [4.69, 9.17) is 15.5 Å². The van der Waals surface area contributed by atoms with Crippen molar-refractivity contribution >= 4 is 16.7 Å². The lowest BCUT2D eigenvalue weighted by Crippen LogP contribution is -2.27. The Morgan fingerprint density at radius 2 is 1.66 bits per heavy atom. The standard InChI is InChI=1S/C23H23N5O/c24-23-21-20(27-28-23)14-19(15-10-12-25-13-11-15)26-22(21)16-6-8-18(9-7-16)29-17-4-2-1-3-5-17/h1-9,14-15,25H,10-13H2,(H3,24,27,28). The molecule has 4 aromatic rings. The number of nitrogens with two attached hydrogens (primary N) is 1. The molecule has 1 aliphatic heterocycles. The average molecular weight is 385 g/mol. The van der Waals surface area contributed by atoms with Gasteiger partial charge in [-0.1, -0.05) is 18.2 Å². The molecule has 0 atom stereocenters. The fourth-order valence-corrected chi connectivity index (χ4v) is 3.93. The van der Waals surface area contributed by atoms with Gasteiger partial charge in [-0.05, 0) is 68.4 Å². The fourth-order valence-electron chi connectivity index (χ4n) is 3.93. The number of aromatic nitrogens is 3. The minimum absolute atomic E-state index is 0.449. The van der Waals surface area contributed by atoms with Gasteiger partial charge in [0.15, 0.2) is 5.82 Å². The Kier molecular flexibility index (Phi) is 4.62. The van der Waals surface area contributed by atoms with Gasteiger partial charge in [-0.3, -0.25) is 10.1 Å². The maximum Gasteiger partial charge on any atom is 0.155 e. The van der Waals surface area contributed by atoms with Gasteiger partial charge in [-0.15, -0.1) is 0 Å². The largest absolute Gasteiger partial charge is 0.457 e. The third-order valence-electron chi connectivity index (χ3n) is 5.46. The summed E-state index contributed by atoms with van der Waals surface area (Å²) in [6.07, 6.45) is 2.18. The number of hydrogen-bond acceptors (Lipinski definition) is 5. The summed E-state index contributed by atoms with van der Waals surface area (Å²) >= 11 is 0. The van der Waals surface area contributed by atoms with Crippen molar-refractivity contribution in [2.24, 2.45) is 0 Å². The normalized spacial score (nSPS) is 14.9. The van der Waals surface area contributed by atoms with Crippen molar-refractivity contribution in [3.05, 3.63) is 66.4 Å². The van der Waals surface area contributed by atoms with E-state index >= 15 is 0 Å². The summed E-state index contributed by atoms with van der Waals surface area (Å²) in [6.45, 7) is 2.05. The predicted molar refractivity (Wildman–Crippen MR) is 115 cm³/mol. The van der Waals surface area contributed by atoms with Gasteiger partial charge in [0, 0.05) is 17.2 Å². The molecule has 146 valence electrons. The lowest BCUT2D eigenvalue weighted by Gasteiger charge is -2.22. The fraction of sp³-hybridized carbons (Fsp3) is 0.217. The Morgan fingerprint density at radius 1 is 0.931 bits per heavy atom. The van der Waals surface area contributed by atoms with Crippen LogP contribution in [0.5, 0.6) is 11.5 Å². The molecule has 0 bridgehead atoms. The van der Waals surface area contributed by atoms with Crippen molar-refractivity contribution in [3.63, 3.8) is 0 Å². The molecule has 4 N–H and O–H groups in total. The lowest BCUT2D eigenvalue weighted by atomic mass is 9.93. The van der Waals surface area contributed by atoms with E-state index in [9.17, 15) is 0 Å². The van der Waals surface area contributed by atoms with Crippen molar-refractivity contribution < 1.29 is 4.74 Å². The van der Waals surface area contributed by atoms with Crippen LogP contribution in [0.25, 0.3) is 22.2 Å². The second-order valence-electron chi connectivity index (χ2n) is 7.39. The highest BCUT2D eigenvalue weighted by molar-refractivity contribution is 6.00. The number of para-hydroxylation sites is 1. The summed E-state index contributed by atoms with van der Waals surface area (Å²) in [5.74, 6) is 2.52. The Morgan fingerprint density at radius 3 is 2.41 bits per heavy atom. The molecule has 0 spiro atoms. The highest BCUT2D eigenvalue weighted by Crippen LogP contribution is 2.35. The number of rotatable bonds is 4. The molecule has 0 aliphatic carbocycles. The molecule has 6 heteroatoms. The molecule has 2 aromatic heterocycles. The van der Waals surface area contributed by atoms with Gasteiger partial charge >= 0.3 is 0 Å². The van der Waals surface area contributed by atoms with Gasteiger partial charge in [-0.25, -0.2) is 0 Å². The number of piperidine rings is 1. The Balaban J connectivity index is 1.52. The van der Waals surface area contributed by atoms with Crippen LogP contribution in [0, 0.1) is 0 Å². The number of ether oxygens (including phenoxy) is 1. The Labute approximate surface area is 169 Å². The van der Waals surface area contributed by atoms with Crippen LogP contribution in [0.2, 0.25) is 0 Å². The molecule has 29 heavy (non-hydrogen) atoms. The van der Waals surface area contributed by atoms with Crippen molar-refractivity contribution in [1.82, 2.24) is 20.5 Å². The number of nitrogens with zero attached hydrogens (tertiary/aromatic N) is 2. The van der Waals surface area contributed by atoms with E-state index in [1.165, 1.54) is 0 Å². The van der Waals surface area contributed by atoms with E-state index in [-0.39, 0.29) is 0 Å². The summed E-state index contributed by atoms with van der Waals surface area (Å²) in [4.78, 5) is 5.03. The summed E-state index contributed by atoms with van der Waals surface area (Å²) in [6, 6.07) is 19.8. The number of benzene rings is 2. The van der Waals surface area contributed by atoms with Crippen molar-refractivity contribution in [1.29, 1.82) is 0 Å². The second kappa shape index (κ2) is 7.56. The van der Waals surface area contributed by atoms with Crippen LogP contribution in [0.1, 0.15) is 24.5 Å². The van der Waals surface area contributed by atoms with E-state index in [1.807, 2.05) is 54.6 Å². The number of nitrogens with one attached hydrogen (secondary N) is 2. The maximum absolute atomic E-state index is 6.16. The number of pyridine rings is 1. The van der Waals surface area contributed by atoms with Crippen LogP contribution in [-0.2, 0) is 0 Å². The molecule has 0 saturated carbocycles. The average Bonchev–Trinajstić information content (AvgIpc) is 3.16. The van der Waals surface area contributed by atoms with Gasteiger partial charge in [0.2, 0.25) is 0 Å². The Bertz CT molecular complexity index is 1120. The highest BCUT2D eigenvalue weighted by Gasteiger charge is 2.21. The van der Waals surface area contributed by atoms with Gasteiger partial charge in [0.05, 0.1) is 16.6 Å². The van der Waals surface area contributed by atoms with E-state index in [0.29, 0.717) is 11.7 Å². The molecule has 1 fully saturated rings. The first kappa shape index (κ1) is 17.7. The van der Waals surface area contributed by atoms with Gasteiger partial charge in [-0.2, -0.15) is 5.10 Å². The molecule has 5 rings (SSSR count). The molecule has 3 heterocycles. The zero-order valence-electron chi connectivity index (χ0n) is 16.1. The number of nitrogen functional groups attached to an aromatic ring is 1. The first-order valence-electron chi connectivity index (χ1n) is 9.96. The molecule has 0 radical (unpaired) electrons. The van der Waals surface area contributed by atoms with E-state index < -0.39 is 0 Å². The number of anilines is 1. The van der Waals surface area contributed by atoms with Crippen LogP contribution < -0.4 is 15.8 Å². The minimum atomic E-state index is 0.449. The maximum atomic E-state index is 6.16. The van der Waals surface area contributed by atoms with E-state index in [2.05, 4.69) is 21.6 Å². The van der Waals surface area contributed by atoms with Gasteiger partial charge < -0.3 is 15.8 Å². The lowest BCUT2D eigenvalue weighted by molar-refractivity contribution is 0.454. The van der Waals surface area contributed by atoms with Crippen LogP contribution >= 0.6 is 0 Å². The Hall–Kier alpha value is -3.38. The zero-order chi connectivity index (χ0) is 19.6. The third-order valence-corrected chi connectivity index (χ3v) is 5.46. The molecule has 0 unspecified atom stereocenters. The van der Waals surface area contributed by atoms with Crippen molar-refractivity contribution in [2.45, 2.75) is 18.8 Å². The molecule has 6 nitrogen and oxygen atoms in total. The van der Waals surface area contributed by atoms with Crippen LogP contribution in [-0.4, -0.2) is 28.3 Å². The smallest absolute Gasteiger partial charge is 0.155 e. The molecular weight excluding hydrogens is 362 g/mol. The molecule has 1 saturated heterocycles. The number of fused-ring (bicyclic) bond motifs is 1. The molecule has 2 aromatic carbocycles. The van der Waals surface area contributed by atoms with Crippen molar-refractivity contribution in [2.75, 3.05) is 18.8 Å². The van der Waals surface area contributed by atoms with Gasteiger partial charge in [0.1, 0.15) is 11.5 Å². The minimum Gasteiger partial charge on any atom is -0.457 e. The summed E-state index contributed by atoms with van der Waals surface area (Å²) in [7, 11) is 0. The predicted octanol–water partition coefficient (Wildman–Crippen LogP) is 4.47. The SMILES string of the molecule is Nc1n[nH]c2cc(C3CCNCC3)nc(-c3ccc(Oc4ccccc4)cc3)c12. The monoisotopic (exact) mass is 385 g/mol. The second-order valence-corrected chi connectivity index (χ2v) is 7.39. The summed E-state index contributed by atoms with van der Waals surface area (Å²) in [5, 5.41) is 11.6. The number of hydrogen-bond donors (Lipinski definition) is 3. The van der Waals surface area contributed by atoms with Crippen LogP contribution in [0.15, 0.2) is 60.7 Å². The first-order valence-corrected chi connectivity index (χ1v) is 9.96. The summed E-state index contributed by atoms with van der Waals surface area (Å²) < 4.78 is 5.91. The highest BCUT2D eigenvalue weighted by atomic mass is 16.5. The molecular formula is C23H23N5O. The van der Waals surface area contributed by atoms with Gasteiger partial charge in [0.25, 0.3) is 0 Å². The molecule has 0 amide bonds. The number of H-pyrrole nitrogens is 1. The van der Waals surface area contributed by atoms with Crippen LogP contribution in [0.3, 0.4) is 0 Å². The third kappa shape index (κ3) is 3.54. The molecule has 1 aliphatic rings. The van der Waals surface area contributed by atoms with Crippen LogP contribution in [0.4, 0.5) is 5.82 Å². The van der Waals surface area contributed by atoms with E-state index in [0.717, 1.165) is 65.3 Å². The van der Waals surface area contributed by atoms with E-state index in [1.54, 1.807) is 0 Å². The topological polar surface area (TPSA) is 88.8 Å². The zero-order valence-corrected chi connectivity index (χ0v) is 16.1. The summed E-state index contributed by atoms with van der Waals surface area (Å²) in [5.41, 5.74) is 10.1.